The molecule has 0 aliphatic rings. The number of carbonyl (C=O) groups excluding carboxylic acids is 1. The fourth-order valence-corrected chi connectivity index (χ4v) is 0.104. The predicted molar refractivity (Wildman–Crippen MR) is 20.1 cm³/mol. The Hall–Kier alpha value is -0.610. The average Bonchev–Trinajstić information content (AvgIpc) is 1.69. The first-order chi connectivity index (χ1) is 3.41. The van der Waals surface area contributed by atoms with Crippen molar-refractivity contribution in [3.63, 3.8) is 0 Å². The van der Waals surface area contributed by atoms with Gasteiger partial charge in [-0.25, -0.2) is 4.89 Å². The molecule has 0 aromatic heterocycles. The van der Waals surface area contributed by atoms with Crippen molar-refractivity contribution in [1.82, 2.24) is 0 Å². The summed E-state index contributed by atoms with van der Waals surface area (Å²) in [6.45, 7) is 0.124. The minimum Gasteiger partial charge on any atom is -0.438 e. The lowest BCUT2D eigenvalue weighted by molar-refractivity contribution is -0.310. The second-order valence-electron chi connectivity index (χ2n) is 0.665. The van der Waals surface area contributed by atoms with Gasteiger partial charge in [-0.3, -0.25) is 4.79 Å². The first-order valence-corrected chi connectivity index (χ1v) is 1.62. The summed E-state index contributed by atoms with van der Waals surface area (Å²) >= 11 is 0. The number of hydrogen-bond donors (Lipinski definition) is 0. The fourth-order valence-electron chi connectivity index (χ4n) is 0.104. The second kappa shape index (κ2) is 5.39. The van der Waals surface area contributed by atoms with Crippen molar-refractivity contribution in [2.24, 2.45) is 0 Å². The summed E-state index contributed by atoms with van der Waals surface area (Å²) in [5, 5.41) is 0. The van der Waals surface area contributed by atoms with Gasteiger partial charge in [0.15, 0.2) is 0 Å². The Kier molecular flexibility index (Phi) is 4.92. The van der Waals surface area contributed by atoms with Crippen molar-refractivity contribution < 1.29 is 19.3 Å². The van der Waals surface area contributed by atoms with Gasteiger partial charge in [-0.05, 0) is 0 Å². The van der Waals surface area contributed by atoms with Crippen LogP contribution in [0.1, 0.15) is 0 Å². The van der Waals surface area contributed by atoms with Crippen LogP contribution in [0.2, 0.25) is 0 Å². The molecule has 0 fully saturated rings. The van der Waals surface area contributed by atoms with E-state index in [4.69, 9.17) is 0 Å². The van der Waals surface area contributed by atoms with E-state index in [0.29, 0.717) is 0 Å². The van der Waals surface area contributed by atoms with Gasteiger partial charge < -0.3 is 4.74 Å². The molecule has 0 spiro atoms. The average molecular weight is 106 g/mol. The lowest BCUT2D eigenvalue weighted by Crippen LogP contribution is -1.95. The smallest absolute Gasteiger partial charge is 0.295 e. The molecule has 0 aliphatic heterocycles. The first-order valence-electron chi connectivity index (χ1n) is 1.62. The highest BCUT2D eigenvalue weighted by Crippen LogP contribution is 1.70. The summed E-state index contributed by atoms with van der Waals surface area (Å²) in [5.41, 5.74) is 0. The molecule has 0 aliphatic carbocycles. The van der Waals surface area contributed by atoms with Crippen LogP contribution in [-0.4, -0.2) is 20.4 Å². The minimum absolute atomic E-state index is 0.153. The topological polar surface area (TPSA) is 44.8 Å². The molecule has 0 unspecified atom stereocenters. The lowest BCUT2D eigenvalue weighted by Gasteiger charge is -1.93. The molecule has 4 heteroatoms. The highest BCUT2D eigenvalue weighted by atomic mass is 17.2. The maximum absolute atomic E-state index is 9.32. The van der Waals surface area contributed by atoms with Crippen molar-refractivity contribution in [3.05, 3.63) is 0 Å². The van der Waals surface area contributed by atoms with Crippen molar-refractivity contribution in [3.8, 4) is 0 Å². The van der Waals surface area contributed by atoms with E-state index in [1.807, 2.05) is 0 Å². The quantitative estimate of drug-likeness (QED) is 0.162. The highest BCUT2D eigenvalue weighted by molar-refractivity contribution is 5.36. The third-order valence-electron chi connectivity index (χ3n) is 0.302. The third kappa shape index (κ3) is 5.39. The number of ether oxygens (including phenoxy) is 1. The molecule has 0 saturated carbocycles. The Balaban J connectivity index is 2.56. The molecule has 0 amide bonds. The molecule has 0 aromatic carbocycles. The molecule has 4 nitrogen and oxygen atoms in total. The minimum atomic E-state index is -0.153. The van der Waals surface area contributed by atoms with Crippen LogP contribution >= 0.6 is 0 Å². The molecule has 0 N–H and O–H groups in total. The number of carbonyl (C=O) groups is 1. The van der Waals surface area contributed by atoms with Gasteiger partial charge in [0, 0.05) is 0 Å². The van der Waals surface area contributed by atoms with Crippen LogP contribution in [0.5, 0.6) is 0 Å². The molecule has 42 valence electrons. The van der Waals surface area contributed by atoms with Gasteiger partial charge in [-0.15, -0.1) is 0 Å². The third-order valence-corrected chi connectivity index (χ3v) is 0.302. The van der Waals surface area contributed by atoms with E-state index in [0.717, 1.165) is 0 Å². The standard InChI is InChI=1S/C3H6O4/c1-5-7-3-6-2-4/h2H,3H2,1H3. The van der Waals surface area contributed by atoms with Crippen LogP contribution in [0.4, 0.5) is 0 Å². The molecular weight excluding hydrogens is 100 g/mol. The Bertz CT molecular complexity index is 44.2. The van der Waals surface area contributed by atoms with Gasteiger partial charge in [0.25, 0.3) is 6.47 Å². The van der Waals surface area contributed by atoms with E-state index in [2.05, 4.69) is 14.5 Å². The van der Waals surface area contributed by atoms with Crippen molar-refractivity contribution in [2.75, 3.05) is 13.9 Å². The van der Waals surface area contributed by atoms with Gasteiger partial charge in [0.1, 0.15) is 0 Å². The second-order valence-corrected chi connectivity index (χ2v) is 0.665. The van der Waals surface area contributed by atoms with Crippen molar-refractivity contribution >= 4 is 6.47 Å². The van der Waals surface area contributed by atoms with Crippen LogP contribution in [0.3, 0.4) is 0 Å². The van der Waals surface area contributed by atoms with Crippen LogP contribution in [0.15, 0.2) is 0 Å². The lowest BCUT2D eigenvalue weighted by atomic mass is 11.4. The largest absolute Gasteiger partial charge is 0.438 e. The zero-order valence-corrected chi connectivity index (χ0v) is 3.92. The van der Waals surface area contributed by atoms with Gasteiger partial charge in [-0.2, -0.15) is 4.89 Å². The Morgan fingerprint density at radius 3 is 2.86 bits per heavy atom. The summed E-state index contributed by atoms with van der Waals surface area (Å²) < 4.78 is 4.05. The van der Waals surface area contributed by atoms with E-state index in [1.165, 1.54) is 7.11 Å². The van der Waals surface area contributed by atoms with Crippen molar-refractivity contribution in [2.45, 2.75) is 0 Å². The fraction of sp³-hybridized carbons (Fsp3) is 0.667. The van der Waals surface area contributed by atoms with Crippen LogP contribution in [0.25, 0.3) is 0 Å². The highest BCUT2D eigenvalue weighted by Gasteiger charge is 1.76. The van der Waals surface area contributed by atoms with Crippen LogP contribution < -0.4 is 0 Å². The van der Waals surface area contributed by atoms with E-state index in [9.17, 15) is 4.79 Å². The van der Waals surface area contributed by atoms with E-state index in [-0.39, 0.29) is 13.3 Å². The Labute approximate surface area is 40.9 Å². The molecule has 0 bridgehead atoms. The molecule has 0 radical (unpaired) electrons. The first kappa shape index (κ1) is 6.39. The number of hydrogen-bond acceptors (Lipinski definition) is 4. The maximum Gasteiger partial charge on any atom is 0.295 e. The number of rotatable bonds is 4. The van der Waals surface area contributed by atoms with E-state index in [1.54, 1.807) is 0 Å². The van der Waals surface area contributed by atoms with Gasteiger partial charge in [0.2, 0.25) is 6.79 Å². The van der Waals surface area contributed by atoms with Gasteiger partial charge in [0.05, 0.1) is 7.11 Å². The molecule has 0 atom stereocenters. The molecule has 0 heterocycles. The zero-order valence-electron chi connectivity index (χ0n) is 3.92. The molecule has 0 aromatic rings. The molecule has 7 heavy (non-hydrogen) atoms. The Morgan fingerprint density at radius 1 is 1.71 bits per heavy atom. The predicted octanol–water partition coefficient (Wildman–Crippen LogP) is -0.305. The molecule has 0 rings (SSSR count). The summed E-state index contributed by atoms with van der Waals surface area (Å²) in [7, 11) is 1.33. The normalized spacial score (nSPS) is 8.14. The van der Waals surface area contributed by atoms with E-state index >= 15 is 0 Å². The molecule has 0 saturated heterocycles. The maximum atomic E-state index is 9.32. The van der Waals surface area contributed by atoms with Crippen molar-refractivity contribution in [1.29, 1.82) is 0 Å². The summed E-state index contributed by atoms with van der Waals surface area (Å²) in [6.07, 6.45) is 0. The SMILES string of the molecule is COOCOC=O. The van der Waals surface area contributed by atoms with Gasteiger partial charge in [-0.1, -0.05) is 0 Å². The molecular formula is C3H6O4. The monoisotopic (exact) mass is 106 g/mol. The van der Waals surface area contributed by atoms with Gasteiger partial charge >= 0.3 is 0 Å². The summed E-state index contributed by atoms with van der Waals surface area (Å²) in [4.78, 5) is 17.5. The van der Waals surface area contributed by atoms with Crippen LogP contribution in [0, 0.1) is 0 Å². The summed E-state index contributed by atoms with van der Waals surface area (Å²) in [5.74, 6) is 0. The van der Waals surface area contributed by atoms with Crippen LogP contribution in [-0.2, 0) is 19.3 Å². The Morgan fingerprint density at radius 2 is 2.43 bits per heavy atom. The summed E-state index contributed by atoms with van der Waals surface area (Å²) in [6, 6.07) is 0. The zero-order chi connectivity index (χ0) is 5.54. The van der Waals surface area contributed by atoms with E-state index < -0.39 is 0 Å².